The van der Waals surface area contributed by atoms with Gasteiger partial charge < -0.3 is 25.0 Å². The molecule has 0 spiro atoms. The van der Waals surface area contributed by atoms with E-state index in [0.29, 0.717) is 11.4 Å². The Hall–Kier alpha value is -2.06. The van der Waals surface area contributed by atoms with Crippen LogP contribution in [-0.2, 0) is 14.1 Å². The molecule has 1 aromatic rings. The number of aliphatic hydroxyl groups is 1. The number of carbonyl (C=O) groups is 2. The molecule has 2 rings (SSSR count). The highest BCUT2D eigenvalue weighted by Gasteiger charge is 2.41. The summed E-state index contributed by atoms with van der Waals surface area (Å²) in [5.74, 6) is -1.24. The molecule has 0 bridgehead atoms. The minimum Gasteiger partial charge on any atom is -0.523 e. The summed E-state index contributed by atoms with van der Waals surface area (Å²) in [5.41, 5.74) is 0.183. The fourth-order valence-corrected chi connectivity index (χ4v) is 2.91. The molecule has 146 valence electrons. The van der Waals surface area contributed by atoms with Crippen LogP contribution in [0.2, 0.25) is 10.0 Å². The largest absolute Gasteiger partial charge is 0.620 e. The fraction of sp³-hybridized carbons (Fsp3) is 0.412. The Kier molecular flexibility index (Phi) is 7.27. The van der Waals surface area contributed by atoms with Crippen molar-refractivity contribution in [1.82, 2.24) is 10.6 Å². The summed E-state index contributed by atoms with van der Waals surface area (Å²) in [4.78, 5) is 24.5. The van der Waals surface area contributed by atoms with Gasteiger partial charge in [-0.3, -0.25) is 9.59 Å². The van der Waals surface area contributed by atoms with E-state index < -0.39 is 24.9 Å². The summed E-state index contributed by atoms with van der Waals surface area (Å²) in [7, 11) is -0.825. The number of hydrogen-bond acceptors (Lipinski definition) is 5. The molecule has 1 aromatic carbocycles. The summed E-state index contributed by atoms with van der Waals surface area (Å²) in [6.45, 7) is 5.27. The third-order valence-electron chi connectivity index (χ3n) is 3.80. The molecule has 10 heteroatoms. The van der Waals surface area contributed by atoms with Gasteiger partial charge in [-0.2, -0.15) is 0 Å². The molecule has 27 heavy (non-hydrogen) atoms. The van der Waals surface area contributed by atoms with Gasteiger partial charge in [0.2, 0.25) is 5.91 Å². The maximum atomic E-state index is 12.3. The van der Waals surface area contributed by atoms with E-state index in [1.807, 2.05) is 13.8 Å². The molecule has 0 saturated heterocycles. The number of benzene rings is 1. The minimum atomic E-state index is -0.825. The smallest absolute Gasteiger partial charge is 0.523 e. The fourth-order valence-electron chi connectivity index (χ4n) is 2.54. The van der Waals surface area contributed by atoms with Crippen LogP contribution < -0.4 is 10.6 Å². The summed E-state index contributed by atoms with van der Waals surface area (Å²) in [5, 5.41) is 15.4. The van der Waals surface area contributed by atoms with Crippen molar-refractivity contribution in [3.8, 4) is 0 Å². The standard InChI is InChI=1S/C17H21BCl2N2O5/c1-9(2)6-14(18-26-10(3)17(25)27-18)22-15(23)8-21-16(24)12-7-11(19)4-5-13(12)20/h4-5,7,9,14,25H,6,8H2,1-3H3,(H,21,24)(H,22,23)/t14-/m0/s1. The molecule has 0 radical (unpaired) electrons. The van der Waals surface area contributed by atoms with Crippen molar-refractivity contribution in [2.24, 2.45) is 5.92 Å². The number of aliphatic hydroxyl groups excluding tert-OH is 1. The maximum Gasteiger partial charge on any atom is 0.620 e. The molecule has 1 aliphatic rings. The van der Waals surface area contributed by atoms with E-state index in [-0.39, 0.29) is 34.8 Å². The van der Waals surface area contributed by atoms with Gasteiger partial charge in [0.05, 0.1) is 23.1 Å². The van der Waals surface area contributed by atoms with Crippen molar-refractivity contribution >= 4 is 42.1 Å². The molecular formula is C17H21BCl2N2O5. The molecule has 2 amide bonds. The second-order valence-electron chi connectivity index (χ2n) is 6.58. The van der Waals surface area contributed by atoms with Gasteiger partial charge in [0.1, 0.15) is 0 Å². The predicted octanol–water partition coefficient (Wildman–Crippen LogP) is 3.08. The van der Waals surface area contributed by atoms with Crippen LogP contribution in [0, 0.1) is 5.92 Å². The van der Waals surface area contributed by atoms with Gasteiger partial charge in [-0.1, -0.05) is 37.0 Å². The predicted molar refractivity (Wildman–Crippen MR) is 103 cm³/mol. The number of halogens is 2. The lowest BCUT2D eigenvalue weighted by Gasteiger charge is -2.21. The number of allylic oxidation sites excluding steroid dienone is 1. The molecular weight excluding hydrogens is 394 g/mol. The van der Waals surface area contributed by atoms with Gasteiger partial charge in [-0.15, -0.1) is 0 Å². The van der Waals surface area contributed by atoms with Crippen molar-refractivity contribution in [2.75, 3.05) is 6.54 Å². The zero-order valence-corrected chi connectivity index (χ0v) is 16.7. The third-order valence-corrected chi connectivity index (χ3v) is 4.37. The van der Waals surface area contributed by atoms with Gasteiger partial charge >= 0.3 is 7.12 Å². The second-order valence-corrected chi connectivity index (χ2v) is 7.42. The maximum absolute atomic E-state index is 12.3. The van der Waals surface area contributed by atoms with Crippen molar-refractivity contribution < 1.29 is 24.0 Å². The molecule has 3 N–H and O–H groups in total. The molecule has 0 aromatic heterocycles. The molecule has 1 heterocycles. The van der Waals surface area contributed by atoms with E-state index in [9.17, 15) is 14.7 Å². The van der Waals surface area contributed by atoms with Crippen LogP contribution in [0.25, 0.3) is 0 Å². The Morgan fingerprint density at radius 2 is 1.96 bits per heavy atom. The van der Waals surface area contributed by atoms with Crippen LogP contribution in [0.5, 0.6) is 0 Å². The zero-order valence-electron chi connectivity index (χ0n) is 15.2. The van der Waals surface area contributed by atoms with Gasteiger partial charge in [0.25, 0.3) is 11.9 Å². The Bertz CT molecular complexity index is 743. The number of carbonyl (C=O) groups excluding carboxylic acids is 2. The summed E-state index contributed by atoms with van der Waals surface area (Å²) in [6.07, 6.45) is 0.561. The summed E-state index contributed by atoms with van der Waals surface area (Å²) >= 11 is 11.8. The average Bonchev–Trinajstić information content (AvgIpc) is 2.93. The van der Waals surface area contributed by atoms with E-state index in [1.54, 1.807) is 13.0 Å². The van der Waals surface area contributed by atoms with E-state index in [1.165, 1.54) is 12.1 Å². The number of nitrogens with one attached hydrogen (secondary N) is 2. The van der Waals surface area contributed by atoms with E-state index in [0.717, 1.165) is 0 Å². The molecule has 0 aliphatic carbocycles. The number of hydrogen-bond donors (Lipinski definition) is 3. The van der Waals surface area contributed by atoms with Gasteiger partial charge in [-0.25, -0.2) is 0 Å². The molecule has 0 fully saturated rings. The molecule has 1 aliphatic heterocycles. The first-order valence-electron chi connectivity index (χ1n) is 8.43. The van der Waals surface area contributed by atoms with Crippen LogP contribution in [0.1, 0.15) is 37.6 Å². The van der Waals surface area contributed by atoms with Crippen LogP contribution in [0.4, 0.5) is 0 Å². The van der Waals surface area contributed by atoms with E-state index >= 15 is 0 Å². The molecule has 0 unspecified atom stereocenters. The van der Waals surface area contributed by atoms with Crippen molar-refractivity contribution in [2.45, 2.75) is 33.1 Å². The Morgan fingerprint density at radius 1 is 1.26 bits per heavy atom. The third kappa shape index (κ3) is 5.97. The first kappa shape index (κ1) is 21.2. The van der Waals surface area contributed by atoms with Crippen molar-refractivity contribution in [1.29, 1.82) is 0 Å². The average molecular weight is 415 g/mol. The first-order chi connectivity index (χ1) is 12.7. The monoisotopic (exact) mass is 414 g/mol. The van der Waals surface area contributed by atoms with Gasteiger partial charge in [-0.05, 0) is 37.5 Å². The number of amides is 2. The van der Waals surface area contributed by atoms with Crippen LogP contribution in [0.15, 0.2) is 29.9 Å². The van der Waals surface area contributed by atoms with Crippen LogP contribution >= 0.6 is 23.2 Å². The lowest BCUT2D eigenvalue weighted by atomic mass is 9.74. The highest BCUT2D eigenvalue weighted by Crippen LogP contribution is 2.22. The quantitative estimate of drug-likeness (QED) is 0.595. The topological polar surface area (TPSA) is 96.9 Å². The highest BCUT2D eigenvalue weighted by atomic mass is 35.5. The van der Waals surface area contributed by atoms with Crippen molar-refractivity contribution in [3.63, 3.8) is 0 Å². The van der Waals surface area contributed by atoms with E-state index in [2.05, 4.69) is 10.6 Å². The second kappa shape index (κ2) is 9.24. The highest BCUT2D eigenvalue weighted by molar-refractivity contribution is 6.48. The lowest BCUT2D eigenvalue weighted by molar-refractivity contribution is -0.120. The Labute approximate surface area is 168 Å². The Balaban J connectivity index is 1.93. The molecule has 0 saturated carbocycles. The zero-order chi connectivity index (χ0) is 20.1. The normalized spacial score (nSPS) is 14.7. The van der Waals surface area contributed by atoms with Gasteiger partial charge in [0.15, 0.2) is 5.76 Å². The summed E-state index contributed by atoms with van der Waals surface area (Å²) < 4.78 is 10.7. The Morgan fingerprint density at radius 3 is 2.56 bits per heavy atom. The SMILES string of the molecule is CC1=C(O)OB([C@H](CC(C)C)NC(=O)CNC(=O)c2cc(Cl)ccc2Cl)O1. The van der Waals surface area contributed by atoms with Crippen molar-refractivity contribution in [3.05, 3.63) is 45.5 Å². The molecule has 7 nitrogen and oxygen atoms in total. The molecule has 1 atom stereocenters. The summed E-state index contributed by atoms with van der Waals surface area (Å²) in [6, 6.07) is 4.50. The van der Waals surface area contributed by atoms with Gasteiger partial charge in [0, 0.05) is 5.02 Å². The first-order valence-corrected chi connectivity index (χ1v) is 9.18. The minimum absolute atomic E-state index is 0.183. The van der Waals surface area contributed by atoms with Crippen LogP contribution in [0.3, 0.4) is 0 Å². The van der Waals surface area contributed by atoms with E-state index in [4.69, 9.17) is 32.5 Å². The van der Waals surface area contributed by atoms with Crippen LogP contribution in [-0.4, -0.2) is 36.5 Å². The lowest BCUT2D eigenvalue weighted by Crippen LogP contribution is -2.50. The number of rotatable bonds is 7.